The molecule has 0 saturated carbocycles. The van der Waals surface area contributed by atoms with Gasteiger partial charge in [-0.3, -0.25) is 0 Å². The summed E-state index contributed by atoms with van der Waals surface area (Å²) in [5.74, 6) is 1.40. The predicted molar refractivity (Wildman–Crippen MR) is 60.9 cm³/mol. The van der Waals surface area contributed by atoms with Crippen molar-refractivity contribution in [1.82, 2.24) is 5.32 Å². The molecular weight excluding hydrogens is 230 g/mol. The molecule has 0 saturated heterocycles. The summed E-state index contributed by atoms with van der Waals surface area (Å²) in [5, 5.41) is 13.3. The molecule has 0 unspecified atom stereocenters. The van der Waals surface area contributed by atoms with Gasteiger partial charge in [0.15, 0.2) is 11.5 Å². The van der Waals surface area contributed by atoms with Gasteiger partial charge >= 0.3 is 0 Å². The van der Waals surface area contributed by atoms with Crippen molar-refractivity contribution in [2.75, 3.05) is 13.3 Å². The van der Waals surface area contributed by atoms with E-state index in [4.69, 9.17) is 21.1 Å². The summed E-state index contributed by atoms with van der Waals surface area (Å²) < 4.78 is 10.4. The summed E-state index contributed by atoms with van der Waals surface area (Å²) in [6, 6.07) is 3.30. The number of halogens is 1. The van der Waals surface area contributed by atoms with Crippen molar-refractivity contribution in [1.29, 1.82) is 0 Å². The Morgan fingerprint density at radius 3 is 2.81 bits per heavy atom. The Kier molecular flexibility index (Phi) is 3.22. The van der Waals surface area contributed by atoms with E-state index in [-0.39, 0.29) is 12.5 Å². The molecule has 86 valence electrons. The molecule has 0 aliphatic carbocycles. The molecule has 1 aromatic carbocycles. The first-order valence-electron chi connectivity index (χ1n) is 4.82. The lowest BCUT2D eigenvalue weighted by atomic mass is 10.1. The van der Waals surface area contributed by atoms with Gasteiger partial charge in [0.2, 0.25) is 6.79 Å². The van der Waals surface area contributed by atoms with Crippen molar-refractivity contribution in [2.24, 2.45) is 0 Å². The highest BCUT2D eigenvalue weighted by atomic mass is 35.5. The van der Waals surface area contributed by atoms with Crippen LogP contribution in [0.1, 0.15) is 5.56 Å². The molecule has 4 nitrogen and oxygen atoms in total. The highest BCUT2D eigenvalue weighted by Gasteiger charge is 2.16. The minimum absolute atomic E-state index is 0.178. The molecule has 0 aromatic heterocycles. The summed E-state index contributed by atoms with van der Waals surface area (Å²) in [6.07, 6.45) is 0. The number of nitrogens with one attached hydrogen (secondary N) is 1. The molecule has 1 aliphatic rings. The second-order valence-electron chi connectivity index (χ2n) is 3.45. The van der Waals surface area contributed by atoms with Gasteiger partial charge in [-0.2, -0.15) is 0 Å². The number of benzene rings is 1. The lowest BCUT2D eigenvalue weighted by Crippen LogP contribution is -2.14. The van der Waals surface area contributed by atoms with Gasteiger partial charge in [-0.15, -0.1) is 0 Å². The molecule has 0 amide bonds. The quantitative estimate of drug-likeness (QED) is 0.846. The second kappa shape index (κ2) is 4.63. The Morgan fingerprint density at radius 1 is 1.44 bits per heavy atom. The number of aromatic hydroxyl groups is 1. The SMILES string of the molecule is C=C(Cl)CNCc1cc2c(cc1O)OCO2. The highest BCUT2D eigenvalue weighted by Crippen LogP contribution is 2.37. The molecule has 0 radical (unpaired) electrons. The molecule has 2 rings (SSSR count). The van der Waals surface area contributed by atoms with Crippen LogP contribution in [0.2, 0.25) is 0 Å². The molecule has 2 N–H and O–H groups in total. The fraction of sp³-hybridized carbons (Fsp3) is 0.273. The van der Waals surface area contributed by atoms with Gasteiger partial charge in [-0.1, -0.05) is 18.2 Å². The van der Waals surface area contributed by atoms with Crippen LogP contribution in [0, 0.1) is 0 Å². The first kappa shape index (κ1) is 11.1. The van der Waals surface area contributed by atoms with Gasteiger partial charge in [0.25, 0.3) is 0 Å². The average molecular weight is 242 g/mol. The zero-order valence-electron chi connectivity index (χ0n) is 8.62. The van der Waals surface area contributed by atoms with E-state index >= 15 is 0 Å². The van der Waals surface area contributed by atoms with E-state index in [1.807, 2.05) is 0 Å². The van der Waals surface area contributed by atoms with E-state index in [1.165, 1.54) is 0 Å². The van der Waals surface area contributed by atoms with E-state index in [9.17, 15) is 5.11 Å². The van der Waals surface area contributed by atoms with Gasteiger partial charge in [-0.25, -0.2) is 0 Å². The van der Waals surface area contributed by atoms with Gasteiger partial charge < -0.3 is 19.9 Å². The van der Waals surface area contributed by atoms with Crippen LogP contribution >= 0.6 is 11.6 Å². The van der Waals surface area contributed by atoms with Crippen LogP contribution in [0.15, 0.2) is 23.7 Å². The van der Waals surface area contributed by atoms with Crippen molar-refractivity contribution in [3.05, 3.63) is 29.3 Å². The van der Waals surface area contributed by atoms with E-state index in [1.54, 1.807) is 12.1 Å². The summed E-state index contributed by atoms with van der Waals surface area (Å²) in [6.45, 7) is 4.75. The number of rotatable bonds is 4. The van der Waals surface area contributed by atoms with Crippen molar-refractivity contribution < 1.29 is 14.6 Å². The molecule has 1 aliphatic heterocycles. The fourth-order valence-electron chi connectivity index (χ4n) is 1.45. The van der Waals surface area contributed by atoms with Crippen molar-refractivity contribution in [3.8, 4) is 17.2 Å². The maximum atomic E-state index is 9.71. The zero-order chi connectivity index (χ0) is 11.5. The second-order valence-corrected chi connectivity index (χ2v) is 3.99. The summed E-state index contributed by atoms with van der Waals surface area (Å²) in [4.78, 5) is 0. The first-order valence-corrected chi connectivity index (χ1v) is 5.20. The monoisotopic (exact) mass is 241 g/mol. The van der Waals surface area contributed by atoms with Gasteiger partial charge in [0, 0.05) is 29.8 Å². The van der Waals surface area contributed by atoms with Crippen molar-refractivity contribution in [3.63, 3.8) is 0 Å². The molecule has 0 bridgehead atoms. The number of phenols is 1. The Balaban J connectivity index is 2.06. The maximum Gasteiger partial charge on any atom is 0.231 e. The molecule has 5 heteroatoms. The minimum atomic E-state index is 0.178. The standard InChI is InChI=1S/C11H12ClNO3/c1-7(12)4-13-5-8-2-10-11(3-9(8)14)16-6-15-10/h2-3,13-14H,1,4-6H2. The van der Waals surface area contributed by atoms with Crippen LogP contribution < -0.4 is 14.8 Å². The van der Waals surface area contributed by atoms with Crippen LogP contribution in [0.4, 0.5) is 0 Å². The summed E-state index contributed by atoms with van der Waals surface area (Å²) in [5.41, 5.74) is 0.738. The number of fused-ring (bicyclic) bond motifs is 1. The minimum Gasteiger partial charge on any atom is -0.507 e. The van der Waals surface area contributed by atoms with Crippen LogP contribution in [-0.2, 0) is 6.54 Å². The van der Waals surface area contributed by atoms with Crippen LogP contribution in [0.25, 0.3) is 0 Å². The Hall–Kier alpha value is -1.39. The Bertz CT molecular complexity index is 420. The van der Waals surface area contributed by atoms with Crippen molar-refractivity contribution in [2.45, 2.75) is 6.54 Å². The summed E-state index contributed by atoms with van der Waals surface area (Å²) >= 11 is 5.61. The highest BCUT2D eigenvalue weighted by molar-refractivity contribution is 6.29. The molecular formula is C11H12ClNO3. The number of hydrogen-bond acceptors (Lipinski definition) is 4. The third-order valence-corrected chi connectivity index (χ3v) is 2.34. The molecule has 1 aromatic rings. The fourth-order valence-corrected chi connectivity index (χ4v) is 1.54. The molecule has 16 heavy (non-hydrogen) atoms. The third-order valence-electron chi connectivity index (χ3n) is 2.21. The number of phenolic OH excluding ortho intramolecular Hbond substituents is 1. The van der Waals surface area contributed by atoms with E-state index < -0.39 is 0 Å². The lowest BCUT2D eigenvalue weighted by molar-refractivity contribution is 0.174. The normalized spacial score (nSPS) is 12.8. The van der Waals surface area contributed by atoms with Crippen molar-refractivity contribution >= 4 is 11.6 Å². The first-order chi connectivity index (χ1) is 7.66. The molecule has 0 spiro atoms. The molecule has 1 heterocycles. The lowest BCUT2D eigenvalue weighted by Gasteiger charge is -2.07. The van der Waals surface area contributed by atoms with Crippen LogP contribution in [0.5, 0.6) is 17.2 Å². The number of ether oxygens (including phenoxy) is 2. The molecule has 0 atom stereocenters. The topological polar surface area (TPSA) is 50.7 Å². The van der Waals surface area contributed by atoms with E-state index in [0.717, 1.165) is 5.56 Å². The summed E-state index contributed by atoms with van der Waals surface area (Å²) in [7, 11) is 0. The third kappa shape index (κ3) is 2.40. The largest absolute Gasteiger partial charge is 0.507 e. The number of hydrogen-bond donors (Lipinski definition) is 2. The zero-order valence-corrected chi connectivity index (χ0v) is 9.38. The van der Waals surface area contributed by atoms with E-state index in [2.05, 4.69) is 11.9 Å². The average Bonchev–Trinajstić information content (AvgIpc) is 2.64. The van der Waals surface area contributed by atoms with Gasteiger partial charge in [-0.05, 0) is 6.07 Å². The molecule has 0 fully saturated rings. The Labute approximate surface area is 98.4 Å². The van der Waals surface area contributed by atoms with E-state index in [0.29, 0.717) is 29.6 Å². The smallest absolute Gasteiger partial charge is 0.231 e. The van der Waals surface area contributed by atoms with Crippen LogP contribution in [-0.4, -0.2) is 18.4 Å². The van der Waals surface area contributed by atoms with Gasteiger partial charge in [0.05, 0.1) is 0 Å². The maximum absolute atomic E-state index is 9.71. The Morgan fingerprint density at radius 2 is 2.12 bits per heavy atom. The van der Waals surface area contributed by atoms with Crippen LogP contribution in [0.3, 0.4) is 0 Å². The van der Waals surface area contributed by atoms with Gasteiger partial charge in [0.1, 0.15) is 5.75 Å². The predicted octanol–water partition coefficient (Wildman–Crippen LogP) is 1.96.